The Kier molecular flexibility index (Phi) is 8.80. The van der Waals surface area contributed by atoms with E-state index in [2.05, 4.69) is 19.1 Å². The summed E-state index contributed by atoms with van der Waals surface area (Å²) in [5.41, 5.74) is 1.28. The standard InChI is InChI=1S/C19H30O2/c1-4-5-6-7-15-21-18-13-11-17(12-14-18)9-8-10-19(20)16(2)3/h11-14,16H,4-10,15H2,1-3H3. The molecule has 2 nitrogen and oxygen atoms in total. The first-order valence-electron chi connectivity index (χ1n) is 8.38. The molecule has 1 aromatic carbocycles. The highest BCUT2D eigenvalue weighted by Gasteiger charge is 2.06. The Morgan fingerprint density at radius 1 is 1.05 bits per heavy atom. The summed E-state index contributed by atoms with van der Waals surface area (Å²) in [6.07, 6.45) is 7.52. The van der Waals surface area contributed by atoms with Gasteiger partial charge in [0.15, 0.2) is 0 Å². The number of ether oxygens (including phenoxy) is 1. The molecule has 0 aromatic heterocycles. The number of hydrogen-bond acceptors (Lipinski definition) is 2. The number of ketones is 1. The second-order valence-electron chi connectivity index (χ2n) is 6.03. The van der Waals surface area contributed by atoms with Crippen molar-refractivity contribution in [3.63, 3.8) is 0 Å². The molecular weight excluding hydrogens is 260 g/mol. The fourth-order valence-electron chi connectivity index (χ4n) is 2.23. The van der Waals surface area contributed by atoms with Crippen LogP contribution in [0.2, 0.25) is 0 Å². The lowest BCUT2D eigenvalue weighted by Crippen LogP contribution is -2.06. The summed E-state index contributed by atoms with van der Waals surface area (Å²) in [6.45, 7) is 6.96. The van der Waals surface area contributed by atoms with E-state index in [1.807, 2.05) is 26.0 Å². The summed E-state index contributed by atoms with van der Waals surface area (Å²) >= 11 is 0. The largest absolute Gasteiger partial charge is 0.494 e. The van der Waals surface area contributed by atoms with Crippen LogP contribution in [0.5, 0.6) is 5.75 Å². The van der Waals surface area contributed by atoms with Crippen molar-refractivity contribution in [2.45, 2.75) is 65.7 Å². The van der Waals surface area contributed by atoms with Crippen LogP contribution in [0.15, 0.2) is 24.3 Å². The van der Waals surface area contributed by atoms with Crippen molar-refractivity contribution in [3.8, 4) is 5.75 Å². The number of aryl methyl sites for hydroxylation is 1. The Hall–Kier alpha value is -1.31. The molecule has 0 atom stereocenters. The van der Waals surface area contributed by atoms with Crippen molar-refractivity contribution in [2.75, 3.05) is 6.61 Å². The third kappa shape index (κ3) is 7.89. The lowest BCUT2D eigenvalue weighted by Gasteiger charge is -2.07. The third-order valence-electron chi connectivity index (χ3n) is 3.72. The summed E-state index contributed by atoms with van der Waals surface area (Å²) < 4.78 is 5.73. The zero-order valence-corrected chi connectivity index (χ0v) is 13.9. The molecule has 0 N–H and O–H groups in total. The van der Waals surface area contributed by atoms with Gasteiger partial charge >= 0.3 is 0 Å². The highest BCUT2D eigenvalue weighted by Crippen LogP contribution is 2.15. The van der Waals surface area contributed by atoms with Gasteiger partial charge in [0.2, 0.25) is 0 Å². The molecule has 1 aromatic rings. The van der Waals surface area contributed by atoms with E-state index >= 15 is 0 Å². The SMILES string of the molecule is CCCCCCOc1ccc(CCCC(=O)C(C)C)cc1. The number of carbonyl (C=O) groups excluding carboxylic acids is 1. The smallest absolute Gasteiger partial charge is 0.135 e. The first-order valence-corrected chi connectivity index (χ1v) is 8.38. The average Bonchev–Trinajstić information content (AvgIpc) is 2.48. The molecule has 21 heavy (non-hydrogen) atoms. The van der Waals surface area contributed by atoms with Crippen LogP contribution in [-0.4, -0.2) is 12.4 Å². The molecule has 1 rings (SSSR count). The fourth-order valence-corrected chi connectivity index (χ4v) is 2.23. The molecule has 2 heteroatoms. The van der Waals surface area contributed by atoms with E-state index in [-0.39, 0.29) is 5.92 Å². The predicted octanol–water partition coefficient (Wildman–Crippen LogP) is 5.19. The van der Waals surface area contributed by atoms with Gasteiger partial charge in [-0.25, -0.2) is 0 Å². The molecule has 0 amide bonds. The van der Waals surface area contributed by atoms with E-state index in [0.717, 1.165) is 31.6 Å². The van der Waals surface area contributed by atoms with E-state index in [9.17, 15) is 4.79 Å². The minimum Gasteiger partial charge on any atom is -0.494 e. The Bertz CT molecular complexity index is 393. The van der Waals surface area contributed by atoms with E-state index < -0.39 is 0 Å². The van der Waals surface area contributed by atoms with Crippen LogP contribution in [0.25, 0.3) is 0 Å². The van der Waals surface area contributed by atoms with Crippen molar-refractivity contribution < 1.29 is 9.53 Å². The molecule has 0 heterocycles. The molecule has 0 aliphatic rings. The van der Waals surface area contributed by atoms with Gasteiger partial charge in [-0.1, -0.05) is 52.2 Å². The summed E-state index contributed by atoms with van der Waals surface area (Å²) in [5.74, 6) is 1.48. The van der Waals surface area contributed by atoms with Crippen LogP contribution in [0.3, 0.4) is 0 Å². The maximum atomic E-state index is 11.6. The second kappa shape index (κ2) is 10.4. The summed E-state index contributed by atoms with van der Waals surface area (Å²) in [4.78, 5) is 11.6. The first kappa shape index (κ1) is 17.7. The third-order valence-corrected chi connectivity index (χ3v) is 3.72. The molecule has 0 bridgehead atoms. The van der Waals surface area contributed by atoms with Gasteiger partial charge < -0.3 is 4.74 Å². The summed E-state index contributed by atoms with van der Waals surface area (Å²) in [6, 6.07) is 8.31. The quantitative estimate of drug-likeness (QED) is 0.524. The summed E-state index contributed by atoms with van der Waals surface area (Å²) in [7, 11) is 0. The predicted molar refractivity (Wildman–Crippen MR) is 88.9 cm³/mol. The normalized spacial score (nSPS) is 10.9. The minimum absolute atomic E-state index is 0.161. The molecule has 0 unspecified atom stereocenters. The topological polar surface area (TPSA) is 26.3 Å². The molecular formula is C19H30O2. The van der Waals surface area contributed by atoms with E-state index in [4.69, 9.17) is 4.74 Å². The van der Waals surface area contributed by atoms with Crippen LogP contribution < -0.4 is 4.74 Å². The Morgan fingerprint density at radius 3 is 2.38 bits per heavy atom. The van der Waals surface area contributed by atoms with Crippen molar-refractivity contribution in [1.82, 2.24) is 0 Å². The number of benzene rings is 1. The monoisotopic (exact) mass is 290 g/mol. The van der Waals surface area contributed by atoms with Gasteiger partial charge in [0.25, 0.3) is 0 Å². The molecule has 0 saturated heterocycles. The van der Waals surface area contributed by atoms with Gasteiger partial charge in [0, 0.05) is 12.3 Å². The molecule has 0 aliphatic carbocycles. The van der Waals surface area contributed by atoms with E-state index in [1.54, 1.807) is 0 Å². The highest BCUT2D eigenvalue weighted by atomic mass is 16.5. The zero-order valence-electron chi connectivity index (χ0n) is 13.9. The molecule has 0 fully saturated rings. The fraction of sp³-hybridized carbons (Fsp3) is 0.632. The van der Waals surface area contributed by atoms with Crippen LogP contribution in [0.4, 0.5) is 0 Å². The number of hydrogen-bond donors (Lipinski definition) is 0. The van der Waals surface area contributed by atoms with Crippen molar-refractivity contribution in [3.05, 3.63) is 29.8 Å². The van der Waals surface area contributed by atoms with Crippen molar-refractivity contribution in [1.29, 1.82) is 0 Å². The van der Waals surface area contributed by atoms with Crippen LogP contribution in [0.1, 0.15) is 64.9 Å². The molecule has 0 radical (unpaired) electrons. The number of Topliss-reactive ketones (excluding diaryl/α,β-unsaturated/α-hetero) is 1. The second-order valence-corrected chi connectivity index (χ2v) is 6.03. The number of unbranched alkanes of at least 4 members (excludes halogenated alkanes) is 3. The van der Waals surface area contributed by atoms with Gasteiger partial charge in [0.05, 0.1) is 6.61 Å². The van der Waals surface area contributed by atoms with Gasteiger partial charge in [-0.3, -0.25) is 4.79 Å². The Balaban J connectivity index is 2.22. The lowest BCUT2D eigenvalue weighted by atomic mass is 10.0. The van der Waals surface area contributed by atoms with Crippen LogP contribution in [-0.2, 0) is 11.2 Å². The first-order chi connectivity index (χ1) is 10.1. The van der Waals surface area contributed by atoms with Crippen molar-refractivity contribution >= 4 is 5.78 Å². The average molecular weight is 290 g/mol. The molecule has 0 spiro atoms. The van der Waals surface area contributed by atoms with E-state index in [1.165, 1.54) is 24.8 Å². The molecule has 0 saturated carbocycles. The number of rotatable bonds is 11. The van der Waals surface area contributed by atoms with Gasteiger partial charge in [-0.2, -0.15) is 0 Å². The Morgan fingerprint density at radius 2 is 1.76 bits per heavy atom. The van der Waals surface area contributed by atoms with Crippen LogP contribution >= 0.6 is 0 Å². The van der Waals surface area contributed by atoms with Gasteiger partial charge in [-0.15, -0.1) is 0 Å². The molecule has 0 aliphatic heterocycles. The zero-order chi connectivity index (χ0) is 15.5. The van der Waals surface area contributed by atoms with Crippen LogP contribution in [0, 0.1) is 5.92 Å². The number of carbonyl (C=O) groups is 1. The van der Waals surface area contributed by atoms with Gasteiger partial charge in [-0.05, 0) is 37.0 Å². The minimum atomic E-state index is 0.161. The lowest BCUT2D eigenvalue weighted by molar-refractivity contribution is -0.121. The van der Waals surface area contributed by atoms with E-state index in [0.29, 0.717) is 12.2 Å². The Labute approximate surface area is 129 Å². The highest BCUT2D eigenvalue weighted by molar-refractivity contribution is 5.80. The summed E-state index contributed by atoms with van der Waals surface area (Å²) in [5, 5.41) is 0. The van der Waals surface area contributed by atoms with Crippen molar-refractivity contribution in [2.24, 2.45) is 5.92 Å². The maximum Gasteiger partial charge on any atom is 0.135 e. The maximum absolute atomic E-state index is 11.6. The van der Waals surface area contributed by atoms with Gasteiger partial charge in [0.1, 0.15) is 11.5 Å². The molecule has 118 valence electrons.